The van der Waals surface area contributed by atoms with E-state index in [1.54, 1.807) is 6.07 Å². The minimum atomic E-state index is -0.313. The summed E-state index contributed by atoms with van der Waals surface area (Å²) in [6.07, 6.45) is 0. The summed E-state index contributed by atoms with van der Waals surface area (Å²) in [5.41, 5.74) is 5.35. The quantitative estimate of drug-likeness (QED) is 0.281. The second kappa shape index (κ2) is 8.08. The van der Waals surface area contributed by atoms with E-state index in [1.165, 1.54) is 0 Å². The van der Waals surface area contributed by atoms with Crippen LogP contribution in [0.25, 0.3) is 22.2 Å². The van der Waals surface area contributed by atoms with E-state index in [0.29, 0.717) is 22.2 Å². The number of furan rings is 1. The third-order valence-electron chi connectivity index (χ3n) is 6.40. The normalized spacial score (nSPS) is 15.3. The van der Waals surface area contributed by atoms with Gasteiger partial charge >= 0.3 is 0 Å². The standard InChI is InChI=1S/C28H20Cl2N2O2/c1-16-10-12-18(34-16)15-32-27(19-6-2-3-7-20(19)28(32)33)25-22-8-4-5-9-24(22)31-26(25)21-13-11-17(29)14-23(21)30/h2-14,27,31H,15H2,1H3. The van der Waals surface area contributed by atoms with Crippen LogP contribution in [0.15, 0.2) is 83.3 Å². The van der Waals surface area contributed by atoms with Crippen molar-refractivity contribution in [2.45, 2.75) is 19.5 Å². The van der Waals surface area contributed by atoms with Crippen LogP contribution in [0.2, 0.25) is 10.0 Å². The van der Waals surface area contributed by atoms with Crippen LogP contribution in [0.5, 0.6) is 0 Å². The third kappa shape index (κ3) is 3.33. The number of para-hydroxylation sites is 1. The number of hydrogen-bond acceptors (Lipinski definition) is 2. The van der Waals surface area contributed by atoms with Crippen molar-refractivity contribution in [3.05, 3.63) is 117 Å². The van der Waals surface area contributed by atoms with Crippen molar-refractivity contribution < 1.29 is 9.21 Å². The fourth-order valence-corrected chi connectivity index (χ4v) is 5.44. The molecule has 0 bridgehead atoms. The molecule has 0 spiro atoms. The van der Waals surface area contributed by atoms with Crippen LogP contribution >= 0.6 is 23.2 Å². The Morgan fingerprint density at radius 1 is 0.941 bits per heavy atom. The van der Waals surface area contributed by atoms with Crippen molar-refractivity contribution in [2.24, 2.45) is 0 Å². The third-order valence-corrected chi connectivity index (χ3v) is 6.95. The van der Waals surface area contributed by atoms with Gasteiger partial charge in [-0.1, -0.05) is 59.6 Å². The summed E-state index contributed by atoms with van der Waals surface area (Å²) in [4.78, 5) is 19.1. The van der Waals surface area contributed by atoms with E-state index in [9.17, 15) is 4.79 Å². The van der Waals surface area contributed by atoms with Crippen molar-refractivity contribution in [1.29, 1.82) is 0 Å². The van der Waals surface area contributed by atoms with Gasteiger partial charge in [0.05, 0.1) is 23.3 Å². The zero-order valence-corrected chi connectivity index (χ0v) is 19.8. The maximum atomic E-state index is 13.6. The van der Waals surface area contributed by atoms with Crippen LogP contribution in [0.3, 0.4) is 0 Å². The van der Waals surface area contributed by atoms with Gasteiger partial charge in [0.15, 0.2) is 0 Å². The minimum absolute atomic E-state index is 0.0203. The second-order valence-electron chi connectivity index (χ2n) is 8.52. The first-order valence-electron chi connectivity index (χ1n) is 11.0. The van der Waals surface area contributed by atoms with E-state index in [-0.39, 0.29) is 11.9 Å². The highest BCUT2D eigenvalue weighted by atomic mass is 35.5. The Morgan fingerprint density at radius 3 is 2.53 bits per heavy atom. The molecule has 0 saturated heterocycles. The van der Waals surface area contributed by atoms with Gasteiger partial charge in [0.2, 0.25) is 0 Å². The average molecular weight is 487 g/mol. The fraction of sp³-hybridized carbons (Fsp3) is 0.107. The average Bonchev–Trinajstić information content (AvgIpc) is 3.49. The van der Waals surface area contributed by atoms with Crippen LogP contribution in [-0.2, 0) is 6.54 Å². The molecule has 0 aliphatic carbocycles. The molecule has 2 aromatic heterocycles. The predicted octanol–water partition coefficient (Wildman–Crippen LogP) is 7.79. The lowest BCUT2D eigenvalue weighted by Crippen LogP contribution is -2.28. The first-order valence-corrected chi connectivity index (χ1v) is 11.8. The zero-order chi connectivity index (χ0) is 23.4. The van der Waals surface area contributed by atoms with Crippen molar-refractivity contribution in [3.63, 3.8) is 0 Å². The highest BCUT2D eigenvalue weighted by Crippen LogP contribution is 2.47. The van der Waals surface area contributed by atoms with Crippen LogP contribution < -0.4 is 0 Å². The number of aromatic nitrogens is 1. The van der Waals surface area contributed by atoms with Crippen molar-refractivity contribution in [3.8, 4) is 11.3 Å². The lowest BCUT2D eigenvalue weighted by Gasteiger charge is -2.26. The molecular formula is C28H20Cl2N2O2. The SMILES string of the molecule is Cc1ccc(CN2C(=O)c3ccccc3C2c2c(-c3ccc(Cl)cc3Cl)[nH]c3ccccc23)o1. The summed E-state index contributed by atoms with van der Waals surface area (Å²) < 4.78 is 5.86. The summed E-state index contributed by atoms with van der Waals surface area (Å²) in [6.45, 7) is 2.27. The summed E-state index contributed by atoms with van der Waals surface area (Å²) in [5.74, 6) is 1.54. The first kappa shape index (κ1) is 21.1. The monoisotopic (exact) mass is 486 g/mol. The Hall–Kier alpha value is -3.47. The van der Waals surface area contributed by atoms with E-state index in [0.717, 1.165) is 44.8 Å². The lowest BCUT2D eigenvalue weighted by atomic mass is 9.93. The van der Waals surface area contributed by atoms with Gasteiger partial charge < -0.3 is 14.3 Å². The number of halogens is 2. The van der Waals surface area contributed by atoms with Gasteiger partial charge in [0.25, 0.3) is 5.91 Å². The van der Waals surface area contributed by atoms with Crippen molar-refractivity contribution in [2.75, 3.05) is 0 Å². The molecule has 34 heavy (non-hydrogen) atoms. The van der Waals surface area contributed by atoms with Crippen LogP contribution in [0.4, 0.5) is 0 Å². The molecule has 1 atom stereocenters. The molecule has 6 rings (SSSR count). The Kier molecular flexibility index (Phi) is 5.01. The molecule has 0 fully saturated rings. The van der Waals surface area contributed by atoms with Gasteiger partial charge in [-0.3, -0.25) is 4.79 Å². The Bertz CT molecular complexity index is 1570. The zero-order valence-electron chi connectivity index (χ0n) is 18.3. The van der Waals surface area contributed by atoms with E-state index in [4.69, 9.17) is 27.6 Å². The Balaban J connectivity index is 1.61. The largest absolute Gasteiger partial charge is 0.464 e. The smallest absolute Gasteiger partial charge is 0.255 e. The minimum Gasteiger partial charge on any atom is -0.464 e. The van der Waals surface area contributed by atoms with Crippen LogP contribution in [-0.4, -0.2) is 15.8 Å². The van der Waals surface area contributed by atoms with Gasteiger partial charge in [0, 0.05) is 32.6 Å². The molecule has 168 valence electrons. The molecule has 3 heterocycles. The molecule has 0 saturated carbocycles. The molecule has 1 aliphatic rings. The van der Waals surface area contributed by atoms with Gasteiger partial charge in [-0.25, -0.2) is 0 Å². The van der Waals surface area contributed by atoms with E-state index < -0.39 is 0 Å². The molecular weight excluding hydrogens is 467 g/mol. The molecule has 6 heteroatoms. The topological polar surface area (TPSA) is 49.2 Å². The number of benzene rings is 3. The van der Waals surface area contributed by atoms with Gasteiger partial charge in [-0.05, 0) is 55.0 Å². The summed E-state index contributed by atoms with van der Waals surface area (Å²) >= 11 is 12.9. The number of H-pyrrole nitrogens is 1. The molecule has 1 N–H and O–H groups in total. The van der Waals surface area contributed by atoms with Crippen molar-refractivity contribution >= 4 is 40.0 Å². The van der Waals surface area contributed by atoms with Gasteiger partial charge in [0.1, 0.15) is 11.5 Å². The number of nitrogens with zero attached hydrogens (tertiary/aromatic N) is 1. The molecule has 1 amide bonds. The van der Waals surface area contributed by atoms with E-state index in [1.807, 2.05) is 78.6 Å². The molecule has 1 aliphatic heterocycles. The Labute approximate surface area is 206 Å². The number of rotatable bonds is 4. The highest BCUT2D eigenvalue weighted by Gasteiger charge is 2.40. The summed E-state index contributed by atoms with van der Waals surface area (Å²) in [6, 6.07) is 24.9. The first-order chi connectivity index (χ1) is 16.5. The van der Waals surface area contributed by atoms with Crippen LogP contribution in [0.1, 0.15) is 39.0 Å². The number of carbonyl (C=O) groups is 1. The second-order valence-corrected chi connectivity index (χ2v) is 9.36. The van der Waals surface area contributed by atoms with E-state index in [2.05, 4.69) is 11.1 Å². The number of aryl methyl sites for hydroxylation is 1. The van der Waals surface area contributed by atoms with Gasteiger partial charge in [-0.2, -0.15) is 0 Å². The number of fused-ring (bicyclic) bond motifs is 2. The molecule has 3 aromatic carbocycles. The fourth-order valence-electron chi connectivity index (χ4n) is 4.93. The van der Waals surface area contributed by atoms with Gasteiger partial charge in [-0.15, -0.1) is 0 Å². The molecule has 5 aromatic rings. The number of amides is 1. The van der Waals surface area contributed by atoms with Crippen LogP contribution in [0, 0.1) is 6.92 Å². The number of hydrogen-bond donors (Lipinski definition) is 1. The Morgan fingerprint density at radius 2 is 1.74 bits per heavy atom. The number of carbonyl (C=O) groups excluding carboxylic acids is 1. The predicted molar refractivity (Wildman–Crippen MR) is 135 cm³/mol. The van der Waals surface area contributed by atoms with Crippen molar-refractivity contribution in [1.82, 2.24) is 9.88 Å². The lowest BCUT2D eigenvalue weighted by molar-refractivity contribution is 0.0723. The maximum Gasteiger partial charge on any atom is 0.255 e. The maximum absolute atomic E-state index is 13.6. The number of aromatic amines is 1. The number of nitrogens with one attached hydrogen (secondary N) is 1. The summed E-state index contributed by atoms with van der Waals surface area (Å²) in [5, 5.41) is 2.16. The molecule has 0 radical (unpaired) electrons. The molecule has 4 nitrogen and oxygen atoms in total. The van der Waals surface area contributed by atoms with E-state index >= 15 is 0 Å². The highest BCUT2D eigenvalue weighted by molar-refractivity contribution is 6.36. The molecule has 1 unspecified atom stereocenters. The summed E-state index contributed by atoms with van der Waals surface area (Å²) in [7, 11) is 0.